The zero-order valence-corrected chi connectivity index (χ0v) is 5.89. The van der Waals surface area contributed by atoms with Gasteiger partial charge in [0.05, 0.1) is 13.4 Å². The van der Waals surface area contributed by atoms with Crippen LogP contribution in [0, 0.1) is 0 Å². The molecule has 0 aromatic carbocycles. The van der Waals surface area contributed by atoms with Crippen molar-refractivity contribution in [2.75, 3.05) is 14.2 Å². The van der Waals surface area contributed by atoms with Crippen LogP contribution in [-0.2, 0) is 9.53 Å². The average Bonchev–Trinajstić information content (AvgIpc) is 1.87. The Bertz CT molecular complexity index is 129. The molecular formula is C6H11NO2. The number of likely N-dealkylation sites (N-methyl/N-ethyl adjacent to an activating group) is 1. The Balaban J connectivity index is 3.86. The van der Waals surface area contributed by atoms with Crippen LogP contribution in [0.3, 0.4) is 0 Å². The first-order valence-electron chi connectivity index (χ1n) is 2.64. The SMILES string of the molecule is CNC(=O)/C(C)=C/OC. The van der Waals surface area contributed by atoms with Crippen LogP contribution in [0.5, 0.6) is 0 Å². The molecule has 0 aliphatic heterocycles. The molecule has 0 aliphatic rings. The van der Waals surface area contributed by atoms with Crippen molar-refractivity contribution in [2.45, 2.75) is 6.92 Å². The first-order chi connectivity index (χ1) is 4.22. The van der Waals surface area contributed by atoms with Crippen molar-refractivity contribution in [1.29, 1.82) is 0 Å². The van der Waals surface area contributed by atoms with Crippen molar-refractivity contribution in [2.24, 2.45) is 0 Å². The van der Waals surface area contributed by atoms with Crippen molar-refractivity contribution >= 4 is 5.91 Å². The van der Waals surface area contributed by atoms with Gasteiger partial charge in [0.25, 0.3) is 0 Å². The molecule has 3 heteroatoms. The fourth-order valence-corrected chi connectivity index (χ4v) is 0.427. The number of hydrogen-bond donors (Lipinski definition) is 1. The second-order valence-corrected chi connectivity index (χ2v) is 1.62. The van der Waals surface area contributed by atoms with Gasteiger partial charge in [-0.25, -0.2) is 0 Å². The highest BCUT2D eigenvalue weighted by Crippen LogP contribution is 1.89. The molecule has 9 heavy (non-hydrogen) atoms. The molecule has 0 aromatic heterocycles. The fourth-order valence-electron chi connectivity index (χ4n) is 0.427. The maximum Gasteiger partial charge on any atom is 0.249 e. The lowest BCUT2D eigenvalue weighted by Gasteiger charge is -1.96. The largest absolute Gasteiger partial charge is 0.504 e. The molecule has 0 rings (SSSR count). The highest BCUT2D eigenvalue weighted by Gasteiger charge is 1.97. The van der Waals surface area contributed by atoms with Gasteiger partial charge in [0.1, 0.15) is 0 Å². The van der Waals surface area contributed by atoms with Crippen molar-refractivity contribution in [3.8, 4) is 0 Å². The van der Waals surface area contributed by atoms with Crippen molar-refractivity contribution in [1.82, 2.24) is 5.32 Å². The summed E-state index contributed by atoms with van der Waals surface area (Å²) in [4.78, 5) is 10.6. The van der Waals surface area contributed by atoms with E-state index in [1.807, 2.05) is 0 Å². The Kier molecular flexibility index (Phi) is 3.51. The Hall–Kier alpha value is -0.990. The lowest BCUT2D eigenvalue weighted by Crippen LogP contribution is -2.18. The van der Waals surface area contributed by atoms with Gasteiger partial charge in [-0.2, -0.15) is 0 Å². The van der Waals surface area contributed by atoms with Gasteiger partial charge in [-0.3, -0.25) is 4.79 Å². The Labute approximate surface area is 54.7 Å². The van der Waals surface area contributed by atoms with Crippen molar-refractivity contribution in [3.63, 3.8) is 0 Å². The lowest BCUT2D eigenvalue weighted by molar-refractivity contribution is -0.117. The van der Waals surface area contributed by atoms with Gasteiger partial charge < -0.3 is 10.1 Å². The molecule has 0 bridgehead atoms. The van der Waals surface area contributed by atoms with Gasteiger partial charge in [-0.15, -0.1) is 0 Å². The third kappa shape index (κ3) is 2.74. The summed E-state index contributed by atoms with van der Waals surface area (Å²) in [6.45, 7) is 1.68. The van der Waals surface area contributed by atoms with Gasteiger partial charge in [-0.05, 0) is 6.92 Å². The molecule has 0 saturated carbocycles. The lowest BCUT2D eigenvalue weighted by atomic mass is 10.3. The first-order valence-corrected chi connectivity index (χ1v) is 2.64. The molecule has 3 nitrogen and oxygen atoms in total. The van der Waals surface area contributed by atoms with E-state index >= 15 is 0 Å². The number of methoxy groups -OCH3 is 1. The molecule has 0 saturated heterocycles. The Morgan fingerprint density at radius 3 is 2.56 bits per heavy atom. The zero-order valence-electron chi connectivity index (χ0n) is 5.89. The second kappa shape index (κ2) is 3.95. The molecule has 52 valence electrons. The number of carbonyl (C=O) groups excluding carboxylic acids is 1. The summed E-state index contributed by atoms with van der Waals surface area (Å²) < 4.78 is 4.60. The number of nitrogens with one attached hydrogen (secondary N) is 1. The van der Waals surface area contributed by atoms with Crippen LogP contribution < -0.4 is 5.32 Å². The van der Waals surface area contributed by atoms with Crippen molar-refractivity contribution in [3.05, 3.63) is 11.8 Å². The zero-order chi connectivity index (χ0) is 7.28. The molecule has 0 radical (unpaired) electrons. The maximum atomic E-state index is 10.6. The summed E-state index contributed by atoms with van der Waals surface area (Å²) in [5.41, 5.74) is 0.569. The molecule has 0 heterocycles. The van der Waals surface area contributed by atoms with E-state index < -0.39 is 0 Å². The van der Waals surface area contributed by atoms with E-state index in [1.54, 1.807) is 14.0 Å². The van der Waals surface area contributed by atoms with E-state index in [0.717, 1.165) is 0 Å². The molecule has 1 N–H and O–H groups in total. The highest BCUT2D eigenvalue weighted by molar-refractivity contribution is 5.92. The minimum absolute atomic E-state index is 0.114. The Morgan fingerprint density at radius 1 is 1.67 bits per heavy atom. The van der Waals surface area contributed by atoms with Crippen LogP contribution in [-0.4, -0.2) is 20.1 Å². The third-order valence-electron chi connectivity index (χ3n) is 0.880. The van der Waals surface area contributed by atoms with Gasteiger partial charge in [0.2, 0.25) is 5.91 Å². The molecule has 0 spiro atoms. The molecule has 0 atom stereocenters. The molecule has 1 amide bonds. The minimum atomic E-state index is -0.114. The monoisotopic (exact) mass is 129 g/mol. The Morgan fingerprint density at radius 2 is 2.22 bits per heavy atom. The van der Waals surface area contributed by atoms with E-state index in [4.69, 9.17) is 0 Å². The van der Waals surface area contributed by atoms with Gasteiger partial charge in [-0.1, -0.05) is 0 Å². The quantitative estimate of drug-likeness (QED) is 0.429. The van der Waals surface area contributed by atoms with E-state index in [1.165, 1.54) is 13.4 Å². The second-order valence-electron chi connectivity index (χ2n) is 1.62. The minimum Gasteiger partial charge on any atom is -0.504 e. The number of ether oxygens (including phenoxy) is 1. The molecular weight excluding hydrogens is 118 g/mol. The van der Waals surface area contributed by atoms with E-state index in [2.05, 4.69) is 10.1 Å². The van der Waals surface area contributed by atoms with Crippen LogP contribution in [0.15, 0.2) is 11.8 Å². The smallest absolute Gasteiger partial charge is 0.249 e. The number of rotatable bonds is 2. The fraction of sp³-hybridized carbons (Fsp3) is 0.500. The highest BCUT2D eigenvalue weighted by atomic mass is 16.5. The summed E-state index contributed by atoms with van der Waals surface area (Å²) in [6.07, 6.45) is 1.40. The summed E-state index contributed by atoms with van der Waals surface area (Å²) in [6, 6.07) is 0. The van der Waals surface area contributed by atoms with Crippen LogP contribution in [0.2, 0.25) is 0 Å². The summed E-state index contributed by atoms with van der Waals surface area (Å²) >= 11 is 0. The molecule has 0 unspecified atom stereocenters. The number of amides is 1. The van der Waals surface area contributed by atoms with E-state index in [0.29, 0.717) is 5.57 Å². The number of carbonyl (C=O) groups is 1. The van der Waals surface area contributed by atoms with Crippen molar-refractivity contribution < 1.29 is 9.53 Å². The summed E-state index contributed by atoms with van der Waals surface area (Å²) in [5.74, 6) is -0.114. The van der Waals surface area contributed by atoms with Crippen LogP contribution in [0.4, 0.5) is 0 Å². The standard InChI is InChI=1S/C6H11NO2/c1-5(4-9-3)6(8)7-2/h4H,1-3H3,(H,7,8)/b5-4+. The van der Waals surface area contributed by atoms with E-state index in [-0.39, 0.29) is 5.91 Å². The predicted molar refractivity (Wildman–Crippen MR) is 34.8 cm³/mol. The molecule has 0 fully saturated rings. The van der Waals surface area contributed by atoms with Gasteiger partial charge in [0.15, 0.2) is 0 Å². The summed E-state index contributed by atoms with van der Waals surface area (Å²) in [7, 11) is 3.09. The van der Waals surface area contributed by atoms with Crippen LogP contribution in [0.25, 0.3) is 0 Å². The normalized spacial score (nSPS) is 10.8. The molecule has 0 aliphatic carbocycles. The first kappa shape index (κ1) is 8.01. The van der Waals surface area contributed by atoms with Crippen LogP contribution >= 0.6 is 0 Å². The number of hydrogen-bond acceptors (Lipinski definition) is 2. The topological polar surface area (TPSA) is 38.3 Å². The van der Waals surface area contributed by atoms with Gasteiger partial charge in [0, 0.05) is 12.6 Å². The van der Waals surface area contributed by atoms with Gasteiger partial charge >= 0.3 is 0 Å². The molecule has 0 aromatic rings. The predicted octanol–water partition coefficient (Wildman–Crippen LogP) is 0.283. The maximum absolute atomic E-state index is 10.6. The van der Waals surface area contributed by atoms with Crippen LogP contribution in [0.1, 0.15) is 6.92 Å². The third-order valence-corrected chi connectivity index (χ3v) is 0.880. The van der Waals surface area contributed by atoms with E-state index in [9.17, 15) is 4.79 Å². The summed E-state index contributed by atoms with van der Waals surface area (Å²) in [5, 5.41) is 2.46. The average molecular weight is 129 g/mol.